The van der Waals surface area contributed by atoms with Crippen molar-refractivity contribution in [3.05, 3.63) is 44.4 Å². The van der Waals surface area contributed by atoms with Gasteiger partial charge in [-0.05, 0) is 6.07 Å². The highest BCUT2D eigenvalue weighted by Crippen LogP contribution is 2.38. The van der Waals surface area contributed by atoms with E-state index in [-0.39, 0.29) is 16.1 Å². The van der Waals surface area contributed by atoms with Gasteiger partial charge in [0.2, 0.25) is 5.75 Å². The first-order valence-corrected chi connectivity index (χ1v) is 6.27. The molecule has 106 valence electrons. The van der Waals surface area contributed by atoms with Gasteiger partial charge in [0.05, 0.1) is 4.92 Å². The SMILES string of the molecule is N#C/C(=C(/O)c1cc(O)c(O)c([N+](=O)[O-])c1)c1nccs1. The molecular formula is C12H7N3O5S. The van der Waals surface area contributed by atoms with Gasteiger partial charge in [0.25, 0.3) is 0 Å². The average molecular weight is 305 g/mol. The number of hydrogen-bond acceptors (Lipinski definition) is 8. The number of nitriles is 1. The first-order valence-electron chi connectivity index (χ1n) is 5.39. The minimum Gasteiger partial charge on any atom is -0.506 e. The summed E-state index contributed by atoms with van der Waals surface area (Å²) in [6.45, 7) is 0. The molecule has 0 aliphatic heterocycles. The van der Waals surface area contributed by atoms with Crippen molar-refractivity contribution in [1.29, 1.82) is 5.26 Å². The third-order valence-electron chi connectivity index (χ3n) is 2.53. The molecule has 2 aromatic rings. The summed E-state index contributed by atoms with van der Waals surface area (Å²) in [7, 11) is 0. The molecule has 0 saturated carbocycles. The van der Waals surface area contributed by atoms with Gasteiger partial charge in [-0.15, -0.1) is 11.3 Å². The number of aliphatic hydroxyl groups is 1. The summed E-state index contributed by atoms with van der Waals surface area (Å²) in [6.07, 6.45) is 1.43. The first kappa shape index (κ1) is 14.3. The van der Waals surface area contributed by atoms with Crippen LogP contribution in [0.1, 0.15) is 10.6 Å². The van der Waals surface area contributed by atoms with E-state index in [2.05, 4.69) is 4.98 Å². The Hall–Kier alpha value is -3.12. The fraction of sp³-hybridized carbons (Fsp3) is 0. The second-order valence-electron chi connectivity index (χ2n) is 3.79. The molecule has 1 heterocycles. The Labute approximate surface area is 121 Å². The van der Waals surface area contributed by atoms with E-state index in [1.165, 1.54) is 6.20 Å². The Bertz CT molecular complexity index is 777. The molecule has 1 aromatic carbocycles. The van der Waals surface area contributed by atoms with E-state index in [0.29, 0.717) is 0 Å². The Kier molecular flexibility index (Phi) is 3.73. The number of nitrogens with zero attached hydrogens (tertiary/aromatic N) is 3. The van der Waals surface area contributed by atoms with Gasteiger partial charge in [-0.3, -0.25) is 10.1 Å². The van der Waals surface area contributed by atoms with Crippen LogP contribution in [-0.4, -0.2) is 25.2 Å². The van der Waals surface area contributed by atoms with Gasteiger partial charge in [0.1, 0.15) is 22.4 Å². The summed E-state index contributed by atoms with van der Waals surface area (Å²) < 4.78 is 0. The minimum atomic E-state index is -0.915. The third-order valence-corrected chi connectivity index (χ3v) is 3.33. The van der Waals surface area contributed by atoms with Crippen LogP contribution < -0.4 is 0 Å². The van der Waals surface area contributed by atoms with Gasteiger partial charge in [-0.25, -0.2) is 4.98 Å². The van der Waals surface area contributed by atoms with E-state index < -0.39 is 27.9 Å². The van der Waals surface area contributed by atoms with Crippen LogP contribution in [0.5, 0.6) is 11.5 Å². The van der Waals surface area contributed by atoms with Crippen molar-refractivity contribution in [2.24, 2.45) is 0 Å². The number of rotatable bonds is 3. The largest absolute Gasteiger partial charge is 0.506 e. The fourth-order valence-corrected chi connectivity index (χ4v) is 2.21. The van der Waals surface area contributed by atoms with Crippen LogP contribution in [0.2, 0.25) is 0 Å². The normalized spacial score (nSPS) is 11.6. The maximum Gasteiger partial charge on any atom is 0.315 e. The zero-order chi connectivity index (χ0) is 15.6. The number of hydrogen-bond donors (Lipinski definition) is 3. The predicted molar refractivity (Wildman–Crippen MR) is 73.6 cm³/mol. The van der Waals surface area contributed by atoms with Crippen LogP contribution in [0.25, 0.3) is 11.3 Å². The minimum absolute atomic E-state index is 0.177. The van der Waals surface area contributed by atoms with Crippen molar-refractivity contribution in [2.75, 3.05) is 0 Å². The van der Waals surface area contributed by atoms with Crippen LogP contribution in [0, 0.1) is 21.4 Å². The fourth-order valence-electron chi connectivity index (χ4n) is 1.57. The topological polar surface area (TPSA) is 141 Å². The lowest BCUT2D eigenvalue weighted by Crippen LogP contribution is -1.94. The standard InChI is InChI=1S/C12H7N3O5S/c13-5-7(12-14-1-2-21-12)10(17)6-3-8(15(19)20)11(18)9(16)4-6/h1-4,16-18H/b10-7-. The second kappa shape index (κ2) is 5.48. The Morgan fingerprint density at radius 1 is 1.43 bits per heavy atom. The molecule has 0 bridgehead atoms. The number of nitro groups is 1. The molecule has 0 aliphatic rings. The zero-order valence-corrected chi connectivity index (χ0v) is 11.0. The summed E-state index contributed by atoms with van der Waals surface area (Å²) in [6, 6.07) is 3.52. The van der Waals surface area contributed by atoms with Gasteiger partial charge in [0, 0.05) is 23.2 Å². The highest BCUT2D eigenvalue weighted by atomic mass is 32.1. The molecule has 0 amide bonds. The number of nitro benzene ring substituents is 1. The number of phenolic OH excluding ortho intramolecular Hbond substituents is 2. The van der Waals surface area contributed by atoms with Gasteiger partial charge in [-0.1, -0.05) is 0 Å². The van der Waals surface area contributed by atoms with E-state index in [0.717, 1.165) is 23.5 Å². The van der Waals surface area contributed by atoms with Crippen LogP contribution >= 0.6 is 11.3 Å². The Balaban J connectivity index is 2.66. The number of aliphatic hydroxyl groups excluding tert-OH is 1. The average Bonchev–Trinajstić information content (AvgIpc) is 2.96. The maximum absolute atomic E-state index is 10.8. The van der Waals surface area contributed by atoms with Crippen LogP contribution in [0.4, 0.5) is 5.69 Å². The number of aromatic nitrogens is 1. The monoisotopic (exact) mass is 305 g/mol. The highest BCUT2D eigenvalue weighted by Gasteiger charge is 2.22. The van der Waals surface area contributed by atoms with Crippen LogP contribution in [-0.2, 0) is 0 Å². The van der Waals surface area contributed by atoms with Crippen LogP contribution in [0.3, 0.4) is 0 Å². The quantitative estimate of drug-likeness (QED) is 0.260. The number of benzene rings is 1. The molecule has 0 spiro atoms. The smallest absolute Gasteiger partial charge is 0.315 e. The Morgan fingerprint density at radius 2 is 2.14 bits per heavy atom. The van der Waals surface area contributed by atoms with E-state index in [1.807, 2.05) is 0 Å². The Morgan fingerprint density at radius 3 is 2.67 bits per heavy atom. The molecule has 0 unspecified atom stereocenters. The molecule has 9 heteroatoms. The van der Waals surface area contributed by atoms with Crippen molar-refractivity contribution < 1.29 is 20.2 Å². The molecule has 21 heavy (non-hydrogen) atoms. The van der Waals surface area contributed by atoms with Crippen molar-refractivity contribution >= 4 is 28.4 Å². The zero-order valence-electron chi connectivity index (χ0n) is 10.2. The molecule has 0 fully saturated rings. The summed E-state index contributed by atoms with van der Waals surface area (Å²) >= 11 is 1.10. The molecule has 0 atom stereocenters. The summed E-state index contributed by atoms with van der Waals surface area (Å²) in [5.41, 5.74) is -1.15. The molecule has 8 nitrogen and oxygen atoms in total. The molecule has 3 N–H and O–H groups in total. The third kappa shape index (κ3) is 2.60. The number of aromatic hydroxyl groups is 2. The first-order chi connectivity index (χ1) is 9.95. The van der Waals surface area contributed by atoms with E-state index >= 15 is 0 Å². The van der Waals surface area contributed by atoms with Crippen molar-refractivity contribution in [3.8, 4) is 17.6 Å². The van der Waals surface area contributed by atoms with Crippen LogP contribution in [0.15, 0.2) is 23.7 Å². The van der Waals surface area contributed by atoms with E-state index in [9.17, 15) is 25.4 Å². The van der Waals surface area contributed by atoms with E-state index in [1.54, 1.807) is 11.4 Å². The number of allylic oxidation sites excluding steroid dienone is 1. The second-order valence-corrected chi connectivity index (χ2v) is 4.69. The predicted octanol–water partition coefficient (Wildman–Crippen LogP) is 2.41. The number of phenols is 2. The summed E-state index contributed by atoms with van der Waals surface area (Å²) in [4.78, 5) is 13.7. The van der Waals surface area contributed by atoms with Gasteiger partial charge < -0.3 is 15.3 Å². The lowest BCUT2D eigenvalue weighted by atomic mass is 10.1. The van der Waals surface area contributed by atoms with Crippen molar-refractivity contribution in [2.45, 2.75) is 0 Å². The lowest BCUT2D eigenvalue weighted by molar-refractivity contribution is -0.386. The molecule has 0 saturated heterocycles. The lowest BCUT2D eigenvalue weighted by Gasteiger charge is -2.05. The van der Waals surface area contributed by atoms with Crippen molar-refractivity contribution in [3.63, 3.8) is 0 Å². The molecule has 1 aromatic heterocycles. The van der Waals surface area contributed by atoms with Crippen molar-refractivity contribution in [1.82, 2.24) is 4.98 Å². The maximum atomic E-state index is 10.8. The van der Waals surface area contributed by atoms with E-state index in [4.69, 9.17) is 5.26 Å². The molecule has 0 radical (unpaired) electrons. The highest BCUT2D eigenvalue weighted by molar-refractivity contribution is 7.10. The van der Waals surface area contributed by atoms with Gasteiger partial charge in [-0.2, -0.15) is 5.26 Å². The summed E-state index contributed by atoms with van der Waals surface area (Å²) in [5, 5.41) is 50.6. The molecule has 2 rings (SSSR count). The van der Waals surface area contributed by atoms with Gasteiger partial charge >= 0.3 is 5.69 Å². The summed E-state index contributed by atoms with van der Waals surface area (Å²) in [5.74, 6) is -2.27. The van der Waals surface area contributed by atoms with Gasteiger partial charge in [0.15, 0.2) is 5.75 Å². The number of thiazole rings is 1. The molecule has 0 aliphatic carbocycles. The molecular weight excluding hydrogens is 298 g/mol.